The summed E-state index contributed by atoms with van der Waals surface area (Å²) in [6, 6.07) is 69.7. The van der Waals surface area contributed by atoms with Crippen LogP contribution in [0.1, 0.15) is 11.3 Å². The summed E-state index contributed by atoms with van der Waals surface area (Å²) in [5.74, 6) is 2.79. The van der Waals surface area contributed by atoms with Crippen LogP contribution in [-0.2, 0) is 12.8 Å². The number of benzene rings is 7. The van der Waals surface area contributed by atoms with Gasteiger partial charge in [0.15, 0.2) is 23.1 Å². The van der Waals surface area contributed by atoms with Crippen LogP contribution in [-0.4, -0.2) is 33.6 Å². The second kappa shape index (κ2) is 14.3. The van der Waals surface area contributed by atoms with Gasteiger partial charge in [0, 0.05) is 56.0 Å². The van der Waals surface area contributed by atoms with Crippen LogP contribution in [0.5, 0.6) is 0 Å². The summed E-state index contributed by atoms with van der Waals surface area (Å²) >= 11 is 0. The highest BCUT2D eigenvalue weighted by Gasteiger charge is 2.34. The molecule has 0 spiro atoms. The smallest absolute Gasteiger partial charge is 0.165 e. The number of imidazole rings is 1. The minimum Gasteiger partial charge on any atom is -0.309 e. The van der Waals surface area contributed by atoms with Crippen molar-refractivity contribution in [3.8, 4) is 73.9 Å². The molecule has 0 aliphatic heterocycles. The predicted octanol–water partition coefficient (Wildman–Crippen LogP) is 12.4. The third-order valence-electron chi connectivity index (χ3n) is 11.8. The summed E-state index contributed by atoms with van der Waals surface area (Å²) in [6.07, 6.45) is 1.76. The standard InChI is InChI=1S/C54H37N7/c1-6-19-36(20-7-1)50-55-51(37-21-8-2-9-22-37)57-52(56-50)39-25-18-30-42(35-39)59-45-32-17-16-31-43(45)44-33-34-46-47(48(44)59)49-54(60(46)40-26-12-4-13-27-40)58-53(38-23-10-3-11-24-38)61(49)41-28-14-5-15-29-41/h1-32,35H,33-34H2. The lowest BCUT2D eigenvalue weighted by molar-refractivity contribution is 0.857. The second-order valence-electron chi connectivity index (χ2n) is 15.4. The molecule has 4 heterocycles. The molecule has 0 N–H and O–H groups in total. The van der Waals surface area contributed by atoms with E-state index in [0.29, 0.717) is 17.5 Å². The zero-order valence-electron chi connectivity index (χ0n) is 33.1. The summed E-state index contributed by atoms with van der Waals surface area (Å²) in [5, 5.41) is 1.25. The lowest BCUT2D eigenvalue weighted by Crippen LogP contribution is -2.11. The van der Waals surface area contributed by atoms with Crippen molar-refractivity contribution in [2.24, 2.45) is 0 Å². The van der Waals surface area contributed by atoms with Crippen LogP contribution < -0.4 is 0 Å². The molecule has 11 aromatic rings. The maximum atomic E-state index is 5.58. The molecule has 0 bridgehead atoms. The van der Waals surface area contributed by atoms with E-state index in [-0.39, 0.29) is 0 Å². The fraction of sp³-hybridized carbons (Fsp3) is 0.0370. The van der Waals surface area contributed by atoms with Crippen molar-refractivity contribution in [3.63, 3.8) is 0 Å². The molecule has 7 heteroatoms. The Balaban J connectivity index is 1.15. The molecule has 0 atom stereocenters. The van der Waals surface area contributed by atoms with Gasteiger partial charge in [-0.1, -0.05) is 158 Å². The van der Waals surface area contributed by atoms with E-state index in [1.54, 1.807) is 0 Å². The number of nitrogens with zero attached hydrogens (tertiary/aromatic N) is 7. The van der Waals surface area contributed by atoms with Crippen molar-refractivity contribution in [1.29, 1.82) is 0 Å². The SMILES string of the molecule is c1ccc(-c2nc(-c3ccccc3)nc(-c3cccc(-n4c5c(c6ccccc64)CCc4c-5c5c(nc(-c6ccccc6)n5-c5ccccc5)n4-c4ccccc4)c3)n2)cc1. The number of hydrogen-bond acceptors (Lipinski definition) is 4. The fourth-order valence-electron chi connectivity index (χ4n) is 9.17. The minimum absolute atomic E-state index is 0.618. The van der Waals surface area contributed by atoms with Gasteiger partial charge in [-0.25, -0.2) is 19.9 Å². The van der Waals surface area contributed by atoms with E-state index in [1.165, 1.54) is 27.9 Å². The Morgan fingerprint density at radius 3 is 1.49 bits per heavy atom. The molecule has 7 aromatic carbocycles. The van der Waals surface area contributed by atoms with E-state index in [2.05, 4.69) is 153 Å². The van der Waals surface area contributed by atoms with Crippen LogP contribution in [0.15, 0.2) is 200 Å². The van der Waals surface area contributed by atoms with Crippen molar-refractivity contribution in [3.05, 3.63) is 211 Å². The van der Waals surface area contributed by atoms with Crippen molar-refractivity contribution >= 4 is 22.1 Å². The number of aromatic nitrogens is 7. The predicted molar refractivity (Wildman–Crippen MR) is 245 cm³/mol. The van der Waals surface area contributed by atoms with E-state index in [1.807, 2.05) is 60.7 Å². The average Bonchev–Trinajstić information content (AvgIpc) is 4.00. The molecule has 0 fully saturated rings. The van der Waals surface area contributed by atoms with Gasteiger partial charge in [-0.3, -0.25) is 9.13 Å². The third-order valence-corrected chi connectivity index (χ3v) is 11.8. The van der Waals surface area contributed by atoms with Gasteiger partial charge in [0.1, 0.15) is 11.3 Å². The maximum Gasteiger partial charge on any atom is 0.165 e. The Bertz CT molecular complexity index is 3330. The molecule has 0 amide bonds. The quantitative estimate of drug-likeness (QED) is 0.161. The molecular weight excluding hydrogens is 747 g/mol. The van der Waals surface area contributed by atoms with Crippen LogP contribution >= 0.6 is 0 Å². The Labute approximate surface area is 352 Å². The van der Waals surface area contributed by atoms with Crippen molar-refractivity contribution in [2.45, 2.75) is 12.8 Å². The van der Waals surface area contributed by atoms with E-state index < -0.39 is 0 Å². The average molecular weight is 784 g/mol. The molecule has 4 aromatic heterocycles. The van der Waals surface area contributed by atoms with Gasteiger partial charge >= 0.3 is 0 Å². The van der Waals surface area contributed by atoms with Gasteiger partial charge in [0.05, 0.1) is 11.2 Å². The van der Waals surface area contributed by atoms with Crippen LogP contribution in [0.4, 0.5) is 0 Å². The number of hydrogen-bond donors (Lipinski definition) is 0. The number of fused-ring (bicyclic) bond motifs is 7. The van der Waals surface area contributed by atoms with Crippen molar-refractivity contribution in [1.82, 2.24) is 33.6 Å². The van der Waals surface area contributed by atoms with Gasteiger partial charge in [0.25, 0.3) is 0 Å². The minimum atomic E-state index is 0.618. The number of aryl methyl sites for hydroxylation is 1. The molecule has 1 aliphatic rings. The van der Waals surface area contributed by atoms with Gasteiger partial charge in [-0.2, -0.15) is 0 Å². The molecule has 288 valence electrons. The van der Waals surface area contributed by atoms with Crippen LogP contribution in [0, 0.1) is 0 Å². The molecule has 0 unspecified atom stereocenters. The first-order valence-corrected chi connectivity index (χ1v) is 20.7. The van der Waals surface area contributed by atoms with Crippen LogP contribution in [0.25, 0.3) is 95.9 Å². The van der Waals surface area contributed by atoms with E-state index in [4.69, 9.17) is 19.9 Å². The molecular formula is C54H37N7. The summed E-state index contributed by atoms with van der Waals surface area (Å²) in [7, 11) is 0. The van der Waals surface area contributed by atoms with Crippen molar-refractivity contribution in [2.75, 3.05) is 0 Å². The Kier molecular flexibility index (Phi) is 8.16. The first-order valence-electron chi connectivity index (χ1n) is 20.7. The molecule has 12 rings (SSSR count). The third kappa shape index (κ3) is 5.74. The molecule has 0 radical (unpaired) electrons. The van der Waals surface area contributed by atoms with Crippen LogP contribution in [0.3, 0.4) is 0 Å². The van der Waals surface area contributed by atoms with E-state index >= 15 is 0 Å². The van der Waals surface area contributed by atoms with E-state index in [9.17, 15) is 0 Å². The zero-order valence-corrected chi connectivity index (χ0v) is 33.1. The lowest BCUT2D eigenvalue weighted by atomic mass is 9.92. The summed E-state index contributed by atoms with van der Waals surface area (Å²) in [4.78, 5) is 20.8. The molecule has 0 saturated carbocycles. The molecule has 1 aliphatic carbocycles. The highest BCUT2D eigenvalue weighted by Crippen LogP contribution is 2.49. The fourth-order valence-corrected chi connectivity index (χ4v) is 9.17. The van der Waals surface area contributed by atoms with E-state index in [0.717, 1.165) is 74.7 Å². The summed E-state index contributed by atoms with van der Waals surface area (Å²) < 4.78 is 7.24. The first-order chi connectivity index (χ1) is 30.3. The molecule has 61 heavy (non-hydrogen) atoms. The number of rotatable bonds is 7. The van der Waals surface area contributed by atoms with Gasteiger partial charge in [-0.15, -0.1) is 0 Å². The highest BCUT2D eigenvalue weighted by molar-refractivity contribution is 6.04. The second-order valence-corrected chi connectivity index (χ2v) is 15.4. The van der Waals surface area contributed by atoms with Crippen molar-refractivity contribution < 1.29 is 0 Å². The first kappa shape index (κ1) is 34.8. The largest absolute Gasteiger partial charge is 0.309 e. The van der Waals surface area contributed by atoms with Gasteiger partial charge < -0.3 is 4.57 Å². The zero-order chi connectivity index (χ0) is 40.3. The number of para-hydroxylation sites is 3. The van der Waals surface area contributed by atoms with Gasteiger partial charge in [-0.05, 0) is 60.9 Å². The maximum absolute atomic E-state index is 5.58. The summed E-state index contributed by atoms with van der Waals surface area (Å²) in [6.45, 7) is 0. The normalized spacial score (nSPS) is 12.1. The van der Waals surface area contributed by atoms with Crippen LogP contribution in [0.2, 0.25) is 0 Å². The Hall–Kier alpha value is -8.16. The lowest BCUT2D eigenvalue weighted by Gasteiger charge is -2.21. The van der Waals surface area contributed by atoms with Gasteiger partial charge in [0.2, 0.25) is 0 Å². The highest BCUT2D eigenvalue weighted by atomic mass is 15.2. The molecule has 0 saturated heterocycles. The Morgan fingerprint density at radius 2 is 0.869 bits per heavy atom. The monoisotopic (exact) mass is 783 g/mol. The topological polar surface area (TPSA) is 66.3 Å². The summed E-state index contributed by atoms with van der Waals surface area (Å²) in [5.41, 5.74) is 15.2. The Morgan fingerprint density at radius 1 is 0.377 bits per heavy atom. The molecule has 7 nitrogen and oxygen atoms in total.